The molecule has 2 aliphatic rings. The molecular weight excluding hydrogens is 378 g/mol. The van der Waals surface area contributed by atoms with Gasteiger partial charge >= 0.3 is 0 Å². The van der Waals surface area contributed by atoms with Crippen molar-refractivity contribution in [1.29, 1.82) is 0 Å². The molecular formula is C20H31N3O4S. The fourth-order valence-electron chi connectivity index (χ4n) is 3.70. The van der Waals surface area contributed by atoms with Crippen LogP contribution in [0.4, 0.5) is 11.4 Å². The zero-order valence-electron chi connectivity index (χ0n) is 16.6. The van der Waals surface area contributed by atoms with Crippen molar-refractivity contribution in [3.05, 3.63) is 24.3 Å². The molecule has 1 aromatic carbocycles. The quantitative estimate of drug-likeness (QED) is 0.748. The molecule has 3 rings (SSSR count). The third-order valence-electron chi connectivity index (χ3n) is 5.46. The molecule has 2 aliphatic heterocycles. The number of morpholine rings is 1. The average molecular weight is 410 g/mol. The van der Waals surface area contributed by atoms with Crippen LogP contribution in [0, 0.1) is 5.92 Å². The molecule has 7 nitrogen and oxygen atoms in total. The number of nitrogens with zero attached hydrogens (tertiary/aromatic N) is 2. The molecule has 156 valence electrons. The Morgan fingerprint density at radius 3 is 2.57 bits per heavy atom. The number of hydrogen-bond acceptors (Lipinski definition) is 5. The second kappa shape index (κ2) is 9.71. The number of sulfonamides is 1. The summed E-state index contributed by atoms with van der Waals surface area (Å²) < 4.78 is 31.6. The van der Waals surface area contributed by atoms with Crippen molar-refractivity contribution in [1.82, 2.24) is 4.31 Å². The largest absolute Gasteiger partial charge is 0.378 e. The average Bonchev–Trinajstić information content (AvgIpc) is 2.73. The molecule has 1 N–H and O–H groups in total. The number of unbranched alkanes of at least 4 members (excludes halogenated alkanes) is 1. The summed E-state index contributed by atoms with van der Waals surface area (Å²) in [6.07, 6.45) is 2.69. The van der Waals surface area contributed by atoms with E-state index in [0.717, 1.165) is 44.1 Å². The third-order valence-corrected chi connectivity index (χ3v) is 7.42. The Morgan fingerprint density at radius 1 is 1.18 bits per heavy atom. The fraction of sp³-hybridized carbons (Fsp3) is 0.650. The van der Waals surface area contributed by atoms with Crippen molar-refractivity contribution in [2.24, 2.45) is 5.92 Å². The van der Waals surface area contributed by atoms with E-state index in [1.165, 1.54) is 0 Å². The number of anilines is 2. The molecule has 0 bridgehead atoms. The lowest BCUT2D eigenvalue weighted by atomic mass is 9.97. The van der Waals surface area contributed by atoms with Gasteiger partial charge in [0.25, 0.3) is 0 Å². The highest BCUT2D eigenvalue weighted by Gasteiger charge is 2.30. The van der Waals surface area contributed by atoms with Crippen molar-refractivity contribution >= 4 is 27.3 Å². The van der Waals surface area contributed by atoms with E-state index < -0.39 is 10.0 Å². The lowest BCUT2D eigenvalue weighted by Crippen LogP contribution is -2.42. The molecule has 0 saturated carbocycles. The van der Waals surface area contributed by atoms with Crippen molar-refractivity contribution in [3.8, 4) is 0 Å². The van der Waals surface area contributed by atoms with Crippen molar-refractivity contribution < 1.29 is 17.9 Å². The number of carbonyl (C=O) groups is 1. The smallest absolute Gasteiger partial charge is 0.227 e. The summed E-state index contributed by atoms with van der Waals surface area (Å²) in [4.78, 5) is 14.9. The molecule has 0 spiro atoms. The SMILES string of the molecule is CCCCS(=O)(=O)N1CCC(C(=O)Nc2cccc(N3CCOCC3)c2)CC1. The third kappa shape index (κ3) is 5.46. The van der Waals surface area contributed by atoms with E-state index >= 15 is 0 Å². The van der Waals surface area contributed by atoms with Gasteiger partial charge in [-0.15, -0.1) is 0 Å². The van der Waals surface area contributed by atoms with Gasteiger partial charge in [0.15, 0.2) is 0 Å². The summed E-state index contributed by atoms with van der Waals surface area (Å²) in [7, 11) is -3.19. The molecule has 2 fully saturated rings. The first-order valence-corrected chi connectivity index (χ1v) is 11.8. The molecule has 0 aromatic heterocycles. The maximum absolute atomic E-state index is 12.7. The standard InChI is InChI=1S/C20H31N3O4S/c1-2-3-15-28(25,26)23-9-7-17(8-10-23)20(24)21-18-5-4-6-19(16-18)22-11-13-27-14-12-22/h4-6,16-17H,2-3,7-15H2,1H3,(H,21,24). The van der Waals surface area contributed by atoms with Crippen molar-refractivity contribution in [3.63, 3.8) is 0 Å². The summed E-state index contributed by atoms with van der Waals surface area (Å²) in [5.41, 5.74) is 1.87. The van der Waals surface area contributed by atoms with Gasteiger partial charge < -0.3 is 15.0 Å². The van der Waals surface area contributed by atoms with Crippen LogP contribution in [0.5, 0.6) is 0 Å². The minimum absolute atomic E-state index is 0.0234. The number of amides is 1. The Balaban J connectivity index is 1.53. The second-order valence-electron chi connectivity index (χ2n) is 7.48. The van der Waals surface area contributed by atoms with Crippen LogP contribution in [0.1, 0.15) is 32.6 Å². The Labute approximate surface area is 168 Å². The van der Waals surface area contributed by atoms with Crippen LogP contribution in [-0.2, 0) is 19.6 Å². The maximum Gasteiger partial charge on any atom is 0.227 e. The van der Waals surface area contributed by atoms with Crippen LogP contribution in [0.25, 0.3) is 0 Å². The van der Waals surface area contributed by atoms with Crippen LogP contribution >= 0.6 is 0 Å². The molecule has 1 amide bonds. The monoisotopic (exact) mass is 409 g/mol. The molecule has 2 saturated heterocycles. The highest BCUT2D eigenvalue weighted by molar-refractivity contribution is 7.89. The van der Waals surface area contributed by atoms with Gasteiger partial charge in [-0.1, -0.05) is 19.4 Å². The number of piperidine rings is 1. The van der Waals surface area contributed by atoms with Gasteiger partial charge in [-0.2, -0.15) is 0 Å². The van der Waals surface area contributed by atoms with Gasteiger partial charge in [0.1, 0.15) is 0 Å². The summed E-state index contributed by atoms with van der Waals surface area (Å²) in [6, 6.07) is 7.88. The van der Waals surface area contributed by atoms with E-state index in [0.29, 0.717) is 32.4 Å². The minimum Gasteiger partial charge on any atom is -0.378 e. The van der Waals surface area contributed by atoms with Crippen LogP contribution in [-0.4, -0.2) is 63.8 Å². The Kier molecular flexibility index (Phi) is 7.31. The van der Waals surface area contributed by atoms with E-state index in [4.69, 9.17) is 4.74 Å². The summed E-state index contributed by atoms with van der Waals surface area (Å²) in [5, 5.41) is 3.01. The molecule has 0 aliphatic carbocycles. The number of hydrogen-bond donors (Lipinski definition) is 1. The lowest BCUT2D eigenvalue weighted by molar-refractivity contribution is -0.120. The first-order valence-electron chi connectivity index (χ1n) is 10.2. The molecule has 28 heavy (non-hydrogen) atoms. The van der Waals surface area contributed by atoms with Gasteiger partial charge in [-0.25, -0.2) is 12.7 Å². The highest BCUT2D eigenvalue weighted by atomic mass is 32.2. The number of carbonyl (C=O) groups excluding carboxylic acids is 1. The van der Waals surface area contributed by atoms with E-state index in [-0.39, 0.29) is 17.6 Å². The van der Waals surface area contributed by atoms with Crippen LogP contribution in [0.15, 0.2) is 24.3 Å². The molecule has 0 atom stereocenters. The predicted molar refractivity (Wildman–Crippen MR) is 111 cm³/mol. The van der Waals surface area contributed by atoms with Crippen molar-refractivity contribution in [2.45, 2.75) is 32.6 Å². The van der Waals surface area contributed by atoms with Crippen LogP contribution in [0.2, 0.25) is 0 Å². The van der Waals surface area contributed by atoms with Crippen LogP contribution < -0.4 is 10.2 Å². The predicted octanol–water partition coefficient (Wildman–Crippen LogP) is 2.30. The van der Waals surface area contributed by atoms with Gasteiger partial charge in [0.2, 0.25) is 15.9 Å². The lowest BCUT2D eigenvalue weighted by Gasteiger charge is -2.31. The first-order chi connectivity index (χ1) is 13.5. The molecule has 0 unspecified atom stereocenters. The number of rotatable bonds is 7. The van der Waals surface area contributed by atoms with E-state index in [1.54, 1.807) is 4.31 Å². The molecule has 0 radical (unpaired) electrons. The topological polar surface area (TPSA) is 79.0 Å². The fourth-order valence-corrected chi connectivity index (χ4v) is 5.38. The summed E-state index contributed by atoms with van der Waals surface area (Å²) in [5.74, 6) is 0.0312. The van der Waals surface area contributed by atoms with Crippen LogP contribution in [0.3, 0.4) is 0 Å². The summed E-state index contributed by atoms with van der Waals surface area (Å²) >= 11 is 0. The van der Waals surface area contributed by atoms with Crippen molar-refractivity contribution in [2.75, 3.05) is 55.4 Å². The van der Waals surface area contributed by atoms with E-state index in [2.05, 4.69) is 10.2 Å². The summed E-state index contributed by atoms with van der Waals surface area (Å²) in [6.45, 7) is 5.98. The van der Waals surface area contributed by atoms with Gasteiger partial charge in [0, 0.05) is 43.5 Å². The Bertz CT molecular complexity index is 754. The van der Waals surface area contributed by atoms with Gasteiger partial charge in [-0.3, -0.25) is 4.79 Å². The zero-order valence-corrected chi connectivity index (χ0v) is 17.4. The molecule has 8 heteroatoms. The highest BCUT2D eigenvalue weighted by Crippen LogP contribution is 2.24. The number of benzene rings is 1. The minimum atomic E-state index is -3.19. The van der Waals surface area contributed by atoms with E-state index in [9.17, 15) is 13.2 Å². The van der Waals surface area contributed by atoms with E-state index in [1.807, 2.05) is 31.2 Å². The number of ether oxygens (including phenoxy) is 1. The maximum atomic E-state index is 12.7. The first kappa shape index (κ1) is 21.1. The molecule has 2 heterocycles. The molecule has 1 aromatic rings. The zero-order chi connectivity index (χ0) is 20.0. The Morgan fingerprint density at radius 2 is 1.89 bits per heavy atom. The number of nitrogens with one attached hydrogen (secondary N) is 1. The van der Waals surface area contributed by atoms with Gasteiger partial charge in [-0.05, 0) is 37.5 Å². The van der Waals surface area contributed by atoms with Gasteiger partial charge in [0.05, 0.1) is 19.0 Å². The normalized spacial score (nSPS) is 19.5. The Hall–Kier alpha value is -1.64. The second-order valence-corrected chi connectivity index (χ2v) is 9.57.